The highest BCUT2D eigenvalue weighted by atomic mass is 19.4. The zero-order valence-electron chi connectivity index (χ0n) is 16.2. The Hall–Kier alpha value is -3.75. The molecule has 1 aromatic heterocycles. The lowest BCUT2D eigenvalue weighted by molar-refractivity contribution is -0.137. The van der Waals surface area contributed by atoms with Crippen molar-refractivity contribution in [2.24, 2.45) is 0 Å². The van der Waals surface area contributed by atoms with E-state index < -0.39 is 17.8 Å². The quantitative estimate of drug-likeness (QED) is 0.605. The minimum atomic E-state index is -4.43. The van der Waals surface area contributed by atoms with Gasteiger partial charge in [-0.2, -0.15) is 13.2 Å². The van der Waals surface area contributed by atoms with Gasteiger partial charge in [-0.1, -0.05) is 6.07 Å². The van der Waals surface area contributed by atoms with Crippen LogP contribution in [0.25, 0.3) is 0 Å². The average molecular weight is 429 g/mol. The third kappa shape index (κ3) is 4.71. The topological polar surface area (TPSA) is 74.6 Å². The molecule has 0 aliphatic carbocycles. The molecule has 0 atom stereocenters. The summed E-state index contributed by atoms with van der Waals surface area (Å²) in [6.45, 7) is 0.943. The smallest absolute Gasteiger partial charge is 0.416 e. The molecule has 0 fully saturated rings. The monoisotopic (exact) mass is 429 g/mol. The lowest BCUT2D eigenvalue weighted by Gasteiger charge is -2.28. The van der Waals surface area contributed by atoms with Gasteiger partial charge in [-0.3, -0.25) is 4.79 Å². The van der Waals surface area contributed by atoms with E-state index in [4.69, 9.17) is 4.42 Å². The van der Waals surface area contributed by atoms with Crippen molar-refractivity contribution < 1.29 is 27.2 Å². The number of urea groups is 1. The van der Waals surface area contributed by atoms with E-state index in [1.54, 1.807) is 29.2 Å². The van der Waals surface area contributed by atoms with E-state index in [0.717, 1.165) is 23.3 Å². The zero-order chi connectivity index (χ0) is 22.0. The van der Waals surface area contributed by atoms with Crippen LogP contribution < -0.4 is 10.6 Å². The van der Waals surface area contributed by atoms with Crippen molar-refractivity contribution in [2.75, 3.05) is 17.2 Å². The van der Waals surface area contributed by atoms with E-state index in [0.29, 0.717) is 25.2 Å². The Morgan fingerprint density at radius 1 is 0.935 bits per heavy atom. The van der Waals surface area contributed by atoms with Crippen LogP contribution in [0.15, 0.2) is 65.3 Å². The van der Waals surface area contributed by atoms with Gasteiger partial charge in [0.15, 0.2) is 5.76 Å². The Morgan fingerprint density at radius 2 is 1.65 bits per heavy atom. The summed E-state index contributed by atoms with van der Waals surface area (Å²) >= 11 is 0. The highest BCUT2D eigenvalue weighted by molar-refractivity contribution is 5.99. The second-order valence-corrected chi connectivity index (χ2v) is 7.09. The van der Waals surface area contributed by atoms with Gasteiger partial charge < -0.3 is 20.0 Å². The first-order valence-corrected chi connectivity index (χ1v) is 9.49. The Balaban J connectivity index is 1.40. The van der Waals surface area contributed by atoms with Crippen LogP contribution in [0.1, 0.15) is 27.2 Å². The van der Waals surface area contributed by atoms with Gasteiger partial charge in [-0.15, -0.1) is 0 Å². The van der Waals surface area contributed by atoms with E-state index in [-0.39, 0.29) is 17.4 Å². The summed E-state index contributed by atoms with van der Waals surface area (Å²) in [4.78, 5) is 26.4. The minimum absolute atomic E-state index is 0.200. The largest absolute Gasteiger partial charge is 0.459 e. The number of rotatable bonds is 3. The standard InChI is InChI=1S/C22H18F3N3O3/c23-22(24,25)16-4-7-17(8-5-16)26-21(30)27-18-6-3-14-9-10-28(13-15(14)12-18)20(29)19-2-1-11-31-19/h1-8,11-12H,9-10,13H2,(H2,26,27,30). The van der Waals surface area contributed by atoms with Crippen LogP contribution in [-0.4, -0.2) is 23.4 Å². The van der Waals surface area contributed by atoms with E-state index in [9.17, 15) is 22.8 Å². The molecule has 0 unspecified atom stereocenters. The van der Waals surface area contributed by atoms with Crippen LogP contribution in [0.4, 0.5) is 29.3 Å². The molecule has 2 aromatic carbocycles. The normalized spacial score (nSPS) is 13.5. The highest BCUT2D eigenvalue weighted by Crippen LogP contribution is 2.30. The lowest BCUT2D eigenvalue weighted by atomic mass is 9.99. The van der Waals surface area contributed by atoms with Crippen molar-refractivity contribution >= 4 is 23.3 Å². The Bertz CT molecular complexity index is 1090. The first-order chi connectivity index (χ1) is 14.8. The maximum absolute atomic E-state index is 12.6. The molecule has 1 aliphatic heterocycles. The lowest BCUT2D eigenvalue weighted by Crippen LogP contribution is -2.35. The van der Waals surface area contributed by atoms with E-state index in [1.165, 1.54) is 18.4 Å². The van der Waals surface area contributed by atoms with Gasteiger partial charge in [0.25, 0.3) is 5.91 Å². The third-order valence-electron chi connectivity index (χ3n) is 4.97. The predicted molar refractivity (Wildman–Crippen MR) is 108 cm³/mol. The summed E-state index contributed by atoms with van der Waals surface area (Å²) in [5, 5.41) is 5.16. The number of alkyl halides is 3. The van der Waals surface area contributed by atoms with Crippen molar-refractivity contribution in [3.63, 3.8) is 0 Å². The molecule has 0 bridgehead atoms. The fraction of sp³-hybridized carbons (Fsp3) is 0.182. The Labute approximate surface area is 175 Å². The molecular formula is C22H18F3N3O3. The van der Waals surface area contributed by atoms with Crippen LogP contribution in [0.2, 0.25) is 0 Å². The number of amides is 3. The average Bonchev–Trinajstić information content (AvgIpc) is 3.27. The molecule has 160 valence electrons. The predicted octanol–water partition coefficient (Wildman–Crippen LogP) is 5.14. The second kappa shape index (κ2) is 8.17. The molecule has 6 nitrogen and oxygen atoms in total. The molecule has 4 rings (SSSR count). The van der Waals surface area contributed by atoms with Crippen LogP contribution in [-0.2, 0) is 19.1 Å². The summed E-state index contributed by atoms with van der Waals surface area (Å²) in [5.41, 5.74) is 1.94. The third-order valence-corrected chi connectivity index (χ3v) is 4.97. The number of hydrogen-bond donors (Lipinski definition) is 2. The fourth-order valence-corrected chi connectivity index (χ4v) is 3.40. The van der Waals surface area contributed by atoms with Gasteiger partial charge >= 0.3 is 12.2 Å². The van der Waals surface area contributed by atoms with Crippen molar-refractivity contribution in [3.8, 4) is 0 Å². The summed E-state index contributed by atoms with van der Waals surface area (Å²) in [7, 11) is 0. The molecule has 1 aliphatic rings. The number of carbonyl (C=O) groups is 2. The van der Waals surface area contributed by atoms with Crippen molar-refractivity contribution in [3.05, 3.63) is 83.3 Å². The molecule has 3 amide bonds. The fourth-order valence-electron chi connectivity index (χ4n) is 3.40. The van der Waals surface area contributed by atoms with E-state index in [1.807, 2.05) is 6.07 Å². The molecule has 2 heterocycles. The van der Waals surface area contributed by atoms with Crippen molar-refractivity contribution in [2.45, 2.75) is 19.1 Å². The Kier molecular flexibility index (Phi) is 5.41. The Morgan fingerprint density at radius 3 is 2.32 bits per heavy atom. The maximum atomic E-state index is 12.6. The number of carbonyl (C=O) groups excluding carboxylic acids is 2. The van der Waals surface area contributed by atoms with Gasteiger partial charge in [0.2, 0.25) is 0 Å². The van der Waals surface area contributed by atoms with Crippen LogP contribution in [0.5, 0.6) is 0 Å². The molecular weight excluding hydrogens is 411 g/mol. The highest BCUT2D eigenvalue weighted by Gasteiger charge is 2.30. The van der Waals surface area contributed by atoms with Gasteiger partial charge in [-0.25, -0.2) is 4.79 Å². The SMILES string of the molecule is O=C(Nc1ccc(C(F)(F)F)cc1)Nc1ccc2c(c1)CN(C(=O)c1ccco1)CC2. The number of nitrogens with one attached hydrogen (secondary N) is 2. The first kappa shape index (κ1) is 20.5. The van der Waals surface area contributed by atoms with Gasteiger partial charge in [0.1, 0.15) is 0 Å². The summed E-state index contributed by atoms with van der Waals surface area (Å²) < 4.78 is 43.1. The number of halogens is 3. The van der Waals surface area contributed by atoms with Gasteiger partial charge in [-0.05, 0) is 66.1 Å². The second-order valence-electron chi connectivity index (χ2n) is 7.09. The molecule has 0 saturated carbocycles. The summed E-state index contributed by atoms with van der Waals surface area (Å²) in [6.07, 6.45) is -2.31. The zero-order valence-corrected chi connectivity index (χ0v) is 16.2. The molecule has 31 heavy (non-hydrogen) atoms. The minimum Gasteiger partial charge on any atom is -0.459 e. The molecule has 0 saturated heterocycles. The van der Waals surface area contributed by atoms with Crippen molar-refractivity contribution in [1.82, 2.24) is 4.90 Å². The van der Waals surface area contributed by atoms with Crippen LogP contribution >= 0.6 is 0 Å². The van der Waals surface area contributed by atoms with Crippen molar-refractivity contribution in [1.29, 1.82) is 0 Å². The summed E-state index contributed by atoms with van der Waals surface area (Å²) in [5.74, 6) is 0.0720. The number of nitrogens with zero attached hydrogens (tertiary/aromatic N) is 1. The number of furan rings is 1. The summed E-state index contributed by atoms with van der Waals surface area (Å²) in [6, 6.07) is 12.3. The molecule has 3 aromatic rings. The maximum Gasteiger partial charge on any atom is 0.416 e. The van der Waals surface area contributed by atoms with E-state index in [2.05, 4.69) is 10.6 Å². The molecule has 2 N–H and O–H groups in total. The van der Waals surface area contributed by atoms with Crippen LogP contribution in [0, 0.1) is 0 Å². The number of fused-ring (bicyclic) bond motifs is 1. The van der Waals surface area contributed by atoms with Crippen LogP contribution in [0.3, 0.4) is 0 Å². The molecule has 9 heteroatoms. The first-order valence-electron chi connectivity index (χ1n) is 9.49. The van der Waals surface area contributed by atoms with Gasteiger partial charge in [0.05, 0.1) is 11.8 Å². The molecule has 0 radical (unpaired) electrons. The number of anilines is 2. The van der Waals surface area contributed by atoms with Gasteiger partial charge in [0, 0.05) is 24.5 Å². The number of hydrogen-bond acceptors (Lipinski definition) is 3. The number of benzene rings is 2. The molecule has 0 spiro atoms. The van der Waals surface area contributed by atoms with E-state index >= 15 is 0 Å².